The first-order valence-electron chi connectivity index (χ1n) is 5.59. The van der Waals surface area contributed by atoms with Crippen LogP contribution in [0.15, 0.2) is 0 Å². The molecule has 3 heteroatoms. The van der Waals surface area contributed by atoms with E-state index in [0.29, 0.717) is 12.5 Å². The number of nitrogens with one attached hydrogen (secondary N) is 1. The van der Waals surface area contributed by atoms with Crippen molar-refractivity contribution < 1.29 is 4.79 Å². The number of hydrogen-bond donors (Lipinski definition) is 2. The number of rotatable bonds is 4. The molecule has 0 aliphatic carbocycles. The van der Waals surface area contributed by atoms with E-state index in [1.54, 1.807) is 0 Å². The van der Waals surface area contributed by atoms with Crippen molar-refractivity contribution >= 4 is 5.91 Å². The fraction of sp³-hybridized carbons (Fsp3) is 0.909. The van der Waals surface area contributed by atoms with Gasteiger partial charge in [-0.3, -0.25) is 4.79 Å². The minimum atomic E-state index is -0.187. The van der Waals surface area contributed by atoms with Crippen molar-refractivity contribution in [3.8, 4) is 0 Å². The summed E-state index contributed by atoms with van der Waals surface area (Å²) in [5.74, 6) is 1.35. The third-order valence-corrected chi connectivity index (χ3v) is 2.86. The van der Waals surface area contributed by atoms with Crippen molar-refractivity contribution in [2.45, 2.75) is 45.6 Å². The first-order chi connectivity index (χ1) is 6.58. The Bertz CT molecular complexity index is 192. The van der Waals surface area contributed by atoms with E-state index >= 15 is 0 Å². The molecule has 0 saturated carbocycles. The lowest BCUT2D eigenvalue weighted by molar-refractivity contribution is -0.118. The molecule has 82 valence electrons. The van der Waals surface area contributed by atoms with Crippen LogP contribution in [-0.2, 0) is 4.79 Å². The van der Waals surface area contributed by atoms with Gasteiger partial charge in [0.15, 0.2) is 0 Å². The van der Waals surface area contributed by atoms with E-state index in [0.717, 1.165) is 24.8 Å². The summed E-state index contributed by atoms with van der Waals surface area (Å²) < 4.78 is 0. The Morgan fingerprint density at radius 1 is 1.57 bits per heavy atom. The minimum Gasteiger partial charge on any atom is -0.370 e. The van der Waals surface area contributed by atoms with Crippen LogP contribution in [0.2, 0.25) is 0 Å². The van der Waals surface area contributed by atoms with Crippen molar-refractivity contribution in [2.75, 3.05) is 6.54 Å². The van der Waals surface area contributed by atoms with Crippen LogP contribution in [0.5, 0.6) is 0 Å². The normalized spacial score (nSPS) is 27.9. The fourth-order valence-electron chi connectivity index (χ4n) is 2.37. The zero-order valence-corrected chi connectivity index (χ0v) is 9.25. The topological polar surface area (TPSA) is 55.1 Å². The summed E-state index contributed by atoms with van der Waals surface area (Å²) in [4.78, 5) is 10.8. The molecule has 1 amide bonds. The monoisotopic (exact) mass is 198 g/mol. The van der Waals surface area contributed by atoms with Gasteiger partial charge in [-0.2, -0.15) is 0 Å². The van der Waals surface area contributed by atoms with Crippen LogP contribution < -0.4 is 11.1 Å². The quantitative estimate of drug-likeness (QED) is 0.715. The number of piperidine rings is 1. The molecule has 0 bridgehead atoms. The van der Waals surface area contributed by atoms with Gasteiger partial charge in [0.2, 0.25) is 5.91 Å². The lowest BCUT2D eigenvalue weighted by Crippen LogP contribution is -2.40. The van der Waals surface area contributed by atoms with Crippen LogP contribution in [0, 0.1) is 11.8 Å². The van der Waals surface area contributed by atoms with Crippen LogP contribution in [-0.4, -0.2) is 18.5 Å². The first kappa shape index (κ1) is 11.5. The van der Waals surface area contributed by atoms with Crippen molar-refractivity contribution in [3.05, 3.63) is 0 Å². The van der Waals surface area contributed by atoms with Gasteiger partial charge >= 0.3 is 0 Å². The summed E-state index contributed by atoms with van der Waals surface area (Å²) in [6.45, 7) is 5.55. The molecule has 0 aromatic heterocycles. The molecule has 0 radical (unpaired) electrons. The maximum Gasteiger partial charge on any atom is 0.218 e. The molecule has 1 saturated heterocycles. The molecular weight excluding hydrogens is 176 g/mol. The van der Waals surface area contributed by atoms with Gasteiger partial charge in [-0.05, 0) is 37.6 Å². The molecule has 2 atom stereocenters. The van der Waals surface area contributed by atoms with Gasteiger partial charge in [0.1, 0.15) is 0 Å². The predicted molar refractivity (Wildman–Crippen MR) is 57.8 cm³/mol. The Balaban J connectivity index is 2.32. The van der Waals surface area contributed by atoms with E-state index in [1.165, 1.54) is 12.8 Å². The molecule has 3 N–H and O–H groups in total. The maximum atomic E-state index is 10.8. The number of primary amides is 1. The minimum absolute atomic E-state index is 0.187. The van der Waals surface area contributed by atoms with Gasteiger partial charge in [-0.1, -0.05) is 13.8 Å². The molecule has 1 fully saturated rings. The Morgan fingerprint density at radius 3 is 2.86 bits per heavy atom. The number of nitrogens with two attached hydrogens (primary N) is 1. The van der Waals surface area contributed by atoms with E-state index in [4.69, 9.17) is 5.73 Å². The maximum absolute atomic E-state index is 10.8. The summed E-state index contributed by atoms with van der Waals surface area (Å²) in [5, 5.41) is 3.35. The molecule has 0 aromatic rings. The number of carbonyl (C=O) groups excluding carboxylic acids is 1. The summed E-state index contributed by atoms with van der Waals surface area (Å²) in [6.07, 6.45) is 4.13. The van der Waals surface area contributed by atoms with Crippen molar-refractivity contribution in [3.63, 3.8) is 0 Å². The van der Waals surface area contributed by atoms with Crippen molar-refractivity contribution in [1.29, 1.82) is 0 Å². The Morgan fingerprint density at radius 2 is 2.29 bits per heavy atom. The third-order valence-electron chi connectivity index (χ3n) is 2.86. The molecule has 3 nitrogen and oxygen atoms in total. The second kappa shape index (κ2) is 5.35. The van der Waals surface area contributed by atoms with Crippen molar-refractivity contribution in [1.82, 2.24) is 5.32 Å². The average Bonchev–Trinajstić information content (AvgIpc) is 2.01. The largest absolute Gasteiger partial charge is 0.370 e. The molecular formula is C11H22N2O. The van der Waals surface area contributed by atoms with Gasteiger partial charge in [-0.25, -0.2) is 0 Å². The summed E-state index contributed by atoms with van der Waals surface area (Å²) in [7, 11) is 0. The smallest absolute Gasteiger partial charge is 0.218 e. The zero-order chi connectivity index (χ0) is 10.6. The highest BCUT2D eigenvalue weighted by Crippen LogP contribution is 2.24. The summed E-state index contributed by atoms with van der Waals surface area (Å²) >= 11 is 0. The number of amides is 1. The van der Waals surface area contributed by atoms with Gasteiger partial charge in [-0.15, -0.1) is 0 Å². The molecule has 2 unspecified atom stereocenters. The first-order valence-corrected chi connectivity index (χ1v) is 5.59. The van der Waals surface area contributed by atoms with Crippen LogP contribution in [0.3, 0.4) is 0 Å². The molecule has 1 heterocycles. The second-order valence-electron chi connectivity index (χ2n) is 4.84. The molecule has 0 spiro atoms. The summed E-state index contributed by atoms with van der Waals surface area (Å²) in [6, 6.07) is 0.324. The van der Waals surface area contributed by atoms with Gasteiger partial charge in [0, 0.05) is 12.5 Å². The van der Waals surface area contributed by atoms with E-state index in [2.05, 4.69) is 19.2 Å². The molecule has 14 heavy (non-hydrogen) atoms. The SMILES string of the molecule is CC(C)CC1CCNC(CC(N)=O)C1. The Hall–Kier alpha value is -0.570. The average molecular weight is 198 g/mol. The number of hydrogen-bond acceptors (Lipinski definition) is 2. The lowest BCUT2D eigenvalue weighted by atomic mass is 9.85. The van der Waals surface area contributed by atoms with E-state index in [-0.39, 0.29) is 5.91 Å². The molecule has 1 aliphatic heterocycles. The van der Waals surface area contributed by atoms with Gasteiger partial charge in [0.25, 0.3) is 0 Å². The van der Waals surface area contributed by atoms with Crippen LogP contribution in [0.1, 0.15) is 39.5 Å². The van der Waals surface area contributed by atoms with Gasteiger partial charge in [0.05, 0.1) is 0 Å². The summed E-state index contributed by atoms with van der Waals surface area (Å²) in [5.41, 5.74) is 5.19. The van der Waals surface area contributed by atoms with Crippen LogP contribution in [0.4, 0.5) is 0 Å². The molecule has 1 rings (SSSR count). The highest BCUT2D eigenvalue weighted by atomic mass is 16.1. The van der Waals surface area contributed by atoms with E-state index in [1.807, 2.05) is 0 Å². The Labute approximate surface area is 86.4 Å². The van der Waals surface area contributed by atoms with Crippen LogP contribution in [0.25, 0.3) is 0 Å². The highest BCUT2D eigenvalue weighted by molar-refractivity contribution is 5.74. The molecule has 0 aromatic carbocycles. The standard InChI is InChI=1S/C11H22N2O/c1-8(2)5-9-3-4-13-10(6-9)7-11(12)14/h8-10,13H,3-7H2,1-2H3,(H2,12,14). The number of carbonyl (C=O) groups is 1. The Kier molecular flexibility index (Phi) is 4.39. The highest BCUT2D eigenvalue weighted by Gasteiger charge is 2.22. The fourth-order valence-corrected chi connectivity index (χ4v) is 2.37. The van der Waals surface area contributed by atoms with Crippen molar-refractivity contribution in [2.24, 2.45) is 17.6 Å². The van der Waals surface area contributed by atoms with Gasteiger partial charge < -0.3 is 11.1 Å². The van der Waals surface area contributed by atoms with E-state index in [9.17, 15) is 4.79 Å². The third kappa shape index (κ3) is 4.09. The second-order valence-corrected chi connectivity index (χ2v) is 4.84. The predicted octanol–water partition coefficient (Wildman–Crippen LogP) is 1.28. The van der Waals surface area contributed by atoms with Crippen LogP contribution >= 0.6 is 0 Å². The molecule has 1 aliphatic rings. The van der Waals surface area contributed by atoms with E-state index < -0.39 is 0 Å². The lowest BCUT2D eigenvalue weighted by Gasteiger charge is -2.30. The zero-order valence-electron chi connectivity index (χ0n) is 9.25.